The molecule has 0 aliphatic carbocycles. The van der Waals surface area contributed by atoms with Gasteiger partial charge >= 0.3 is 0 Å². The number of aromatic nitrogens is 1. The van der Waals surface area contributed by atoms with Crippen LogP contribution < -0.4 is 4.90 Å². The van der Waals surface area contributed by atoms with E-state index in [2.05, 4.69) is 11.1 Å². The summed E-state index contributed by atoms with van der Waals surface area (Å²) in [7, 11) is 0. The van der Waals surface area contributed by atoms with Gasteiger partial charge in [-0.1, -0.05) is 35.3 Å². The second kappa shape index (κ2) is 7.36. The average Bonchev–Trinajstić information content (AvgIpc) is 2.57. The normalized spacial score (nSPS) is 18.4. The van der Waals surface area contributed by atoms with Crippen LogP contribution in [0.3, 0.4) is 0 Å². The molecule has 2 heterocycles. The second-order valence-electron chi connectivity index (χ2n) is 5.77. The zero-order chi connectivity index (χ0) is 18.1. The highest BCUT2D eigenvalue weighted by Gasteiger charge is 2.33. The molecule has 0 saturated heterocycles. The molecular formula is C18H17Cl2N3OS. The third-order valence-electron chi connectivity index (χ3n) is 4.08. The monoisotopic (exact) mass is 393 g/mol. The van der Waals surface area contributed by atoms with E-state index in [9.17, 15) is 4.79 Å². The van der Waals surface area contributed by atoms with Crippen molar-refractivity contribution in [3.05, 3.63) is 51.6 Å². The summed E-state index contributed by atoms with van der Waals surface area (Å²) in [4.78, 5) is 22.6. The Morgan fingerprint density at radius 1 is 1.28 bits per heavy atom. The minimum absolute atomic E-state index is 0.146. The van der Waals surface area contributed by atoms with E-state index in [0.717, 1.165) is 16.3 Å². The standard InChI is InChI=1S/C18H17Cl2N3OS/c1-10-16-12(7-8-15(22-16)25-3)9-23(18(10)21-11(2)24)17-13(19)5-4-6-14(17)20/h4-8,10H,9H2,1-3H3. The van der Waals surface area contributed by atoms with Crippen molar-refractivity contribution in [2.75, 3.05) is 11.2 Å². The first-order valence-electron chi connectivity index (χ1n) is 7.77. The number of amidine groups is 1. The summed E-state index contributed by atoms with van der Waals surface area (Å²) >= 11 is 14.4. The number of hydrogen-bond acceptors (Lipinski definition) is 3. The highest BCUT2D eigenvalue weighted by atomic mass is 35.5. The summed E-state index contributed by atoms with van der Waals surface area (Å²) in [6, 6.07) is 9.42. The SMILES string of the molecule is CSc1ccc2c(n1)C(C)C(=NC(C)=O)N(c1c(Cl)cccc1Cl)C2. The van der Waals surface area contributed by atoms with E-state index >= 15 is 0 Å². The number of benzene rings is 1. The van der Waals surface area contributed by atoms with E-state index in [0.29, 0.717) is 28.1 Å². The van der Waals surface area contributed by atoms with E-state index in [1.54, 1.807) is 30.0 Å². The van der Waals surface area contributed by atoms with Crippen molar-refractivity contribution in [1.82, 2.24) is 4.98 Å². The molecule has 0 N–H and O–H groups in total. The number of carbonyl (C=O) groups is 1. The van der Waals surface area contributed by atoms with Crippen molar-refractivity contribution in [3.8, 4) is 0 Å². The Bertz CT molecular complexity index is 849. The van der Waals surface area contributed by atoms with Gasteiger partial charge in [-0.15, -0.1) is 11.8 Å². The summed E-state index contributed by atoms with van der Waals surface area (Å²) in [6.45, 7) is 3.94. The van der Waals surface area contributed by atoms with Gasteiger partial charge in [-0.05, 0) is 36.9 Å². The van der Waals surface area contributed by atoms with Crippen molar-refractivity contribution >= 4 is 52.4 Å². The molecule has 0 spiro atoms. The Labute approximate surface area is 161 Å². The van der Waals surface area contributed by atoms with Crippen molar-refractivity contribution < 1.29 is 4.79 Å². The molecule has 0 saturated carbocycles. The highest BCUT2D eigenvalue weighted by Crippen LogP contribution is 2.40. The summed E-state index contributed by atoms with van der Waals surface area (Å²) < 4.78 is 0. The Morgan fingerprint density at radius 2 is 1.96 bits per heavy atom. The molecule has 1 amide bonds. The molecule has 130 valence electrons. The van der Waals surface area contributed by atoms with Gasteiger partial charge in [0.05, 0.1) is 38.9 Å². The number of para-hydroxylation sites is 1. The summed E-state index contributed by atoms with van der Waals surface area (Å²) in [6.07, 6.45) is 1.99. The summed E-state index contributed by atoms with van der Waals surface area (Å²) in [5, 5.41) is 1.98. The quantitative estimate of drug-likeness (QED) is 0.659. The molecule has 2 aromatic rings. The zero-order valence-corrected chi connectivity index (χ0v) is 16.4. The summed E-state index contributed by atoms with van der Waals surface area (Å²) in [5.41, 5.74) is 2.67. The minimum atomic E-state index is -0.264. The Morgan fingerprint density at radius 3 is 2.56 bits per heavy atom. The molecule has 1 aliphatic rings. The number of aliphatic imine (C=N–C) groups is 1. The van der Waals surface area contributed by atoms with Crippen molar-refractivity contribution in [2.45, 2.75) is 31.3 Å². The molecule has 1 aromatic carbocycles. The first-order chi connectivity index (χ1) is 11.9. The number of fused-ring (bicyclic) bond motifs is 1. The fourth-order valence-electron chi connectivity index (χ4n) is 2.97. The van der Waals surface area contributed by atoms with Crippen LogP contribution in [0.25, 0.3) is 0 Å². The van der Waals surface area contributed by atoms with Crippen LogP contribution in [0.5, 0.6) is 0 Å². The van der Waals surface area contributed by atoms with Gasteiger partial charge in [0.25, 0.3) is 0 Å². The van der Waals surface area contributed by atoms with E-state index in [1.165, 1.54) is 6.92 Å². The van der Waals surface area contributed by atoms with Crippen LogP contribution in [0.4, 0.5) is 5.69 Å². The molecule has 1 unspecified atom stereocenters. The number of nitrogens with zero attached hydrogens (tertiary/aromatic N) is 3. The number of hydrogen-bond donors (Lipinski definition) is 0. The molecule has 3 rings (SSSR count). The first kappa shape index (κ1) is 18.2. The van der Waals surface area contributed by atoms with Gasteiger partial charge in [-0.25, -0.2) is 4.98 Å². The molecule has 0 fully saturated rings. The number of anilines is 1. The molecule has 1 atom stereocenters. The molecule has 25 heavy (non-hydrogen) atoms. The van der Waals surface area contributed by atoms with Crippen LogP contribution in [0.15, 0.2) is 40.4 Å². The fourth-order valence-corrected chi connectivity index (χ4v) is 3.97. The van der Waals surface area contributed by atoms with Gasteiger partial charge in [0, 0.05) is 6.92 Å². The maximum absolute atomic E-state index is 11.7. The van der Waals surface area contributed by atoms with E-state index in [4.69, 9.17) is 28.2 Å². The smallest absolute Gasteiger partial charge is 0.244 e. The second-order valence-corrected chi connectivity index (χ2v) is 7.41. The van der Waals surface area contributed by atoms with Crippen LogP contribution in [-0.2, 0) is 11.3 Å². The predicted octanol–water partition coefficient (Wildman–Crippen LogP) is 5.18. The Hall–Kier alpha value is -1.56. The lowest BCUT2D eigenvalue weighted by molar-refractivity contribution is -0.115. The number of carbonyl (C=O) groups excluding carboxylic acids is 1. The maximum atomic E-state index is 11.7. The van der Waals surface area contributed by atoms with Gasteiger partial charge in [0.1, 0.15) is 5.84 Å². The molecule has 4 nitrogen and oxygen atoms in total. The predicted molar refractivity (Wildman–Crippen MR) is 105 cm³/mol. The van der Waals surface area contributed by atoms with Crippen LogP contribution in [0.2, 0.25) is 10.0 Å². The lowest BCUT2D eigenvalue weighted by Crippen LogP contribution is -2.40. The molecule has 1 aromatic heterocycles. The van der Waals surface area contributed by atoms with Crippen LogP contribution in [0, 0.1) is 0 Å². The van der Waals surface area contributed by atoms with Crippen LogP contribution >= 0.6 is 35.0 Å². The summed E-state index contributed by atoms with van der Waals surface area (Å²) in [5.74, 6) is 0.201. The zero-order valence-electron chi connectivity index (χ0n) is 14.1. The Kier molecular flexibility index (Phi) is 5.37. The van der Waals surface area contributed by atoms with E-state index < -0.39 is 0 Å². The van der Waals surface area contributed by atoms with Gasteiger partial charge < -0.3 is 4.90 Å². The van der Waals surface area contributed by atoms with E-state index in [-0.39, 0.29) is 11.8 Å². The fraction of sp³-hybridized carbons (Fsp3) is 0.278. The van der Waals surface area contributed by atoms with Gasteiger partial charge in [-0.2, -0.15) is 4.99 Å². The van der Waals surface area contributed by atoms with Crippen molar-refractivity contribution in [1.29, 1.82) is 0 Å². The topological polar surface area (TPSA) is 45.6 Å². The number of pyridine rings is 1. The minimum Gasteiger partial charge on any atom is -0.322 e. The molecular weight excluding hydrogens is 377 g/mol. The average molecular weight is 394 g/mol. The van der Waals surface area contributed by atoms with Crippen LogP contribution in [0.1, 0.15) is 31.0 Å². The van der Waals surface area contributed by atoms with Crippen LogP contribution in [-0.4, -0.2) is 23.0 Å². The van der Waals surface area contributed by atoms with E-state index in [1.807, 2.05) is 24.1 Å². The van der Waals surface area contributed by atoms with Gasteiger partial charge in [0.2, 0.25) is 5.91 Å². The molecule has 0 bridgehead atoms. The number of halogens is 2. The molecule has 1 aliphatic heterocycles. The largest absolute Gasteiger partial charge is 0.322 e. The number of thioether (sulfide) groups is 1. The molecule has 7 heteroatoms. The first-order valence-corrected chi connectivity index (χ1v) is 9.75. The lowest BCUT2D eigenvalue weighted by Gasteiger charge is -2.36. The molecule has 0 radical (unpaired) electrons. The van der Waals surface area contributed by atoms with Crippen molar-refractivity contribution in [3.63, 3.8) is 0 Å². The third-order valence-corrected chi connectivity index (χ3v) is 5.33. The van der Waals surface area contributed by atoms with Gasteiger partial charge in [0.15, 0.2) is 0 Å². The van der Waals surface area contributed by atoms with Crippen molar-refractivity contribution in [2.24, 2.45) is 4.99 Å². The van der Waals surface area contributed by atoms with Gasteiger partial charge in [-0.3, -0.25) is 4.79 Å². The highest BCUT2D eigenvalue weighted by molar-refractivity contribution is 7.98. The third kappa shape index (κ3) is 3.54. The Balaban J connectivity index is 2.19. The maximum Gasteiger partial charge on any atom is 0.244 e. The lowest BCUT2D eigenvalue weighted by atomic mass is 9.94. The number of rotatable bonds is 2. The number of amides is 1.